The molecule has 2 amide bonds. The molecule has 98 valence electrons. The van der Waals surface area contributed by atoms with E-state index in [1.165, 1.54) is 6.42 Å². The maximum atomic E-state index is 11.6. The summed E-state index contributed by atoms with van der Waals surface area (Å²) in [5.41, 5.74) is 12.8. The Morgan fingerprint density at radius 1 is 1.24 bits per heavy atom. The molecule has 17 heavy (non-hydrogen) atoms. The van der Waals surface area contributed by atoms with Crippen molar-refractivity contribution in [3.8, 4) is 0 Å². The van der Waals surface area contributed by atoms with Crippen LogP contribution in [0, 0.1) is 5.41 Å². The van der Waals surface area contributed by atoms with Crippen LogP contribution in [0.4, 0.5) is 0 Å². The monoisotopic (exact) mass is 243 g/mol. The smallest absolute Gasteiger partial charge is 0.246 e. The summed E-state index contributed by atoms with van der Waals surface area (Å²) >= 11 is 0. The van der Waals surface area contributed by atoms with Crippen molar-refractivity contribution in [2.24, 2.45) is 16.9 Å². The summed E-state index contributed by atoms with van der Waals surface area (Å²) in [6.45, 7) is 0.206. The maximum Gasteiger partial charge on any atom is 0.246 e. The van der Waals surface area contributed by atoms with Gasteiger partial charge in [0.25, 0.3) is 0 Å². The van der Waals surface area contributed by atoms with Gasteiger partial charge in [-0.15, -0.1) is 0 Å². The highest BCUT2D eigenvalue weighted by Crippen LogP contribution is 2.38. The third kappa shape index (κ3) is 4.70. The van der Waals surface area contributed by atoms with Gasteiger partial charge < -0.3 is 11.5 Å². The van der Waals surface area contributed by atoms with E-state index in [1.54, 1.807) is 0 Å². The molecule has 0 unspecified atom stereocenters. The Kier molecular flexibility index (Phi) is 5.37. The van der Waals surface area contributed by atoms with E-state index in [0.29, 0.717) is 13.0 Å². The summed E-state index contributed by atoms with van der Waals surface area (Å²) in [5.74, 6) is -0.852. The van der Waals surface area contributed by atoms with Crippen LogP contribution in [0.3, 0.4) is 0 Å². The number of nitrogens with two attached hydrogens (primary N) is 2. The number of hydrogen-bond donors (Lipinski definition) is 3. The van der Waals surface area contributed by atoms with E-state index in [9.17, 15) is 9.59 Å². The van der Waals surface area contributed by atoms with Gasteiger partial charge in [-0.3, -0.25) is 14.4 Å². The lowest BCUT2D eigenvalue weighted by Gasteiger charge is -2.35. The van der Waals surface area contributed by atoms with Crippen molar-refractivity contribution in [2.45, 2.75) is 38.5 Å². The summed E-state index contributed by atoms with van der Waals surface area (Å²) in [6, 6.07) is 0. The minimum absolute atomic E-state index is 0.0988. The second-order valence-electron chi connectivity index (χ2n) is 4.72. The molecule has 1 fully saturated rings. The van der Waals surface area contributed by atoms with Crippen LogP contribution in [0.15, 0.2) is 0 Å². The first-order valence-electron chi connectivity index (χ1n) is 5.97. The highest BCUT2D eigenvalue weighted by Gasteiger charge is 2.32. The van der Waals surface area contributed by atoms with Gasteiger partial charge in [-0.05, 0) is 24.8 Å². The Hall–Kier alpha value is -1.14. The normalized spacial score (nSPS) is 18.6. The van der Waals surface area contributed by atoms with Crippen molar-refractivity contribution in [1.82, 2.24) is 5.48 Å². The Balaban J connectivity index is 2.34. The number of carbonyl (C=O) groups excluding carboxylic acids is 2. The maximum absolute atomic E-state index is 11.6. The molecule has 1 aliphatic rings. The number of rotatable bonds is 6. The summed E-state index contributed by atoms with van der Waals surface area (Å²) < 4.78 is 0. The Bertz CT molecular complexity index is 275. The molecule has 6 nitrogen and oxygen atoms in total. The summed E-state index contributed by atoms with van der Waals surface area (Å²) in [5, 5.41) is 0. The van der Waals surface area contributed by atoms with Gasteiger partial charge in [0.15, 0.2) is 6.61 Å². The SMILES string of the molecule is NCC1(CC(=O)NOCC(N)=O)CCCCC1. The summed E-state index contributed by atoms with van der Waals surface area (Å²) in [6.07, 6.45) is 5.75. The van der Waals surface area contributed by atoms with Crippen LogP contribution >= 0.6 is 0 Å². The standard InChI is InChI=1S/C11H21N3O3/c12-8-11(4-2-1-3-5-11)6-10(16)14-17-7-9(13)15/h1-8,12H2,(H2,13,15)(H,14,16). The fourth-order valence-electron chi connectivity index (χ4n) is 2.32. The van der Waals surface area contributed by atoms with Crippen molar-refractivity contribution in [1.29, 1.82) is 0 Å². The Labute approximate surface area is 101 Å². The third-order valence-corrected chi connectivity index (χ3v) is 3.28. The molecule has 0 saturated heterocycles. The Morgan fingerprint density at radius 3 is 2.41 bits per heavy atom. The Morgan fingerprint density at radius 2 is 1.88 bits per heavy atom. The number of primary amides is 1. The molecule has 1 rings (SSSR count). The molecule has 0 aromatic carbocycles. The number of carbonyl (C=O) groups is 2. The molecule has 0 bridgehead atoms. The van der Waals surface area contributed by atoms with Crippen LogP contribution < -0.4 is 16.9 Å². The molecule has 1 aliphatic carbocycles. The molecule has 0 aliphatic heterocycles. The van der Waals surface area contributed by atoms with E-state index >= 15 is 0 Å². The number of amides is 2. The average Bonchev–Trinajstić information content (AvgIpc) is 2.29. The highest BCUT2D eigenvalue weighted by atomic mass is 16.7. The highest BCUT2D eigenvalue weighted by molar-refractivity contribution is 5.77. The molecule has 1 saturated carbocycles. The van der Waals surface area contributed by atoms with Gasteiger partial charge in [0, 0.05) is 6.42 Å². The van der Waals surface area contributed by atoms with Crippen molar-refractivity contribution in [3.05, 3.63) is 0 Å². The van der Waals surface area contributed by atoms with E-state index in [4.69, 9.17) is 11.5 Å². The zero-order chi connectivity index (χ0) is 12.7. The molecule has 5 N–H and O–H groups in total. The van der Waals surface area contributed by atoms with E-state index in [-0.39, 0.29) is 17.9 Å². The van der Waals surface area contributed by atoms with Gasteiger partial charge in [-0.25, -0.2) is 5.48 Å². The minimum atomic E-state index is -0.614. The van der Waals surface area contributed by atoms with E-state index in [1.807, 2.05) is 0 Å². The average molecular weight is 243 g/mol. The molecule has 6 heteroatoms. The van der Waals surface area contributed by atoms with Crippen LogP contribution in [-0.2, 0) is 14.4 Å². The van der Waals surface area contributed by atoms with Crippen molar-refractivity contribution >= 4 is 11.8 Å². The lowest BCUT2D eigenvalue weighted by molar-refractivity contribution is -0.140. The first kappa shape index (κ1) is 13.9. The van der Waals surface area contributed by atoms with Crippen LogP contribution in [0.1, 0.15) is 38.5 Å². The van der Waals surface area contributed by atoms with Crippen molar-refractivity contribution < 1.29 is 14.4 Å². The number of nitrogens with one attached hydrogen (secondary N) is 1. The molecule has 0 aromatic rings. The predicted octanol–water partition coefficient (Wildman–Crippen LogP) is -0.181. The fraction of sp³-hybridized carbons (Fsp3) is 0.818. The molecule has 0 radical (unpaired) electrons. The molecule has 0 atom stereocenters. The quantitative estimate of drug-likeness (QED) is 0.562. The molecular weight excluding hydrogens is 222 g/mol. The topological polar surface area (TPSA) is 107 Å². The first-order valence-corrected chi connectivity index (χ1v) is 5.97. The van der Waals surface area contributed by atoms with E-state index in [0.717, 1.165) is 25.7 Å². The van der Waals surface area contributed by atoms with Crippen LogP contribution in [0.2, 0.25) is 0 Å². The zero-order valence-electron chi connectivity index (χ0n) is 10.0. The number of hydroxylamine groups is 1. The molecule has 0 aromatic heterocycles. The van der Waals surface area contributed by atoms with Crippen LogP contribution in [0.5, 0.6) is 0 Å². The lowest BCUT2D eigenvalue weighted by atomic mass is 9.72. The van der Waals surface area contributed by atoms with Gasteiger partial charge in [0.05, 0.1) is 0 Å². The van der Waals surface area contributed by atoms with Gasteiger partial charge in [-0.1, -0.05) is 19.3 Å². The summed E-state index contributed by atoms with van der Waals surface area (Å²) in [7, 11) is 0. The van der Waals surface area contributed by atoms with Gasteiger partial charge in [0.1, 0.15) is 0 Å². The zero-order valence-corrected chi connectivity index (χ0v) is 10.0. The largest absolute Gasteiger partial charge is 0.368 e. The molecule has 0 heterocycles. The van der Waals surface area contributed by atoms with Gasteiger partial charge >= 0.3 is 0 Å². The van der Waals surface area contributed by atoms with E-state index < -0.39 is 5.91 Å². The predicted molar refractivity (Wildman–Crippen MR) is 62.5 cm³/mol. The lowest BCUT2D eigenvalue weighted by Crippen LogP contribution is -2.39. The van der Waals surface area contributed by atoms with Crippen LogP contribution in [-0.4, -0.2) is 25.0 Å². The van der Waals surface area contributed by atoms with Gasteiger partial charge in [-0.2, -0.15) is 0 Å². The van der Waals surface area contributed by atoms with Crippen molar-refractivity contribution in [3.63, 3.8) is 0 Å². The second kappa shape index (κ2) is 6.56. The second-order valence-corrected chi connectivity index (χ2v) is 4.72. The first-order chi connectivity index (χ1) is 8.08. The van der Waals surface area contributed by atoms with E-state index in [2.05, 4.69) is 10.3 Å². The number of hydrogen-bond acceptors (Lipinski definition) is 4. The molecular formula is C11H21N3O3. The third-order valence-electron chi connectivity index (χ3n) is 3.28. The fourth-order valence-corrected chi connectivity index (χ4v) is 2.32. The summed E-state index contributed by atoms with van der Waals surface area (Å²) in [4.78, 5) is 26.7. The minimum Gasteiger partial charge on any atom is -0.368 e. The van der Waals surface area contributed by atoms with Gasteiger partial charge in [0.2, 0.25) is 11.8 Å². The van der Waals surface area contributed by atoms with Crippen molar-refractivity contribution in [2.75, 3.05) is 13.2 Å². The molecule has 0 spiro atoms. The van der Waals surface area contributed by atoms with Crippen LogP contribution in [0.25, 0.3) is 0 Å².